The van der Waals surface area contributed by atoms with Crippen molar-refractivity contribution in [2.75, 3.05) is 13.1 Å². The summed E-state index contributed by atoms with van der Waals surface area (Å²) in [5.74, 6) is 1.64. The van der Waals surface area contributed by atoms with Crippen molar-refractivity contribution in [1.29, 1.82) is 0 Å². The third kappa shape index (κ3) is 2.86. The Kier molecular flexibility index (Phi) is 4.26. The summed E-state index contributed by atoms with van der Waals surface area (Å²) >= 11 is 0. The van der Waals surface area contributed by atoms with E-state index in [0.717, 1.165) is 42.3 Å². The fourth-order valence-corrected chi connectivity index (χ4v) is 3.50. The average Bonchev–Trinajstić information content (AvgIpc) is 3.10. The Hall–Kier alpha value is -2.44. The Balaban J connectivity index is 1.84. The Bertz CT molecular complexity index is 789. The fraction of sp³-hybridized carbons (Fsp3) is 0.529. The van der Waals surface area contributed by atoms with Crippen LogP contribution in [0.2, 0.25) is 0 Å². The van der Waals surface area contributed by atoms with Gasteiger partial charge in [-0.2, -0.15) is 5.10 Å². The van der Waals surface area contributed by atoms with E-state index in [9.17, 15) is 9.59 Å². The molecule has 1 saturated heterocycles. The zero-order valence-corrected chi connectivity index (χ0v) is 14.6. The lowest BCUT2D eigenvalue weighted by Gasteiger charge is -2.31. The number of aromatic amines is 2. The van der Waals surface area contributed by atoms with Gasteiger partial charge in [0, 0.05) is 31.6 Å². The number of ketones is 1. The maximum Gasteiger partial charge on any atom is 0.255 e. The van der Waals surface area contributed by atoms with Crippen molar-refractivity contribution in [2.24, 2.45) is 0 Å². The van der Waals surface area contributed by atoms with E-state index in [4.69, 9.17) is 0 Å². The standard InChI is InChI=1S/C17H23N5O2/c1-9-14(10(2)18-15(9)11(3)23)17(24)22-7-5-6-13(8-22)16-19-12(4)20-21-16/h13,18H,5-8H2,1-4H3,(H,19,20,21). The highest BCUT2D eigenvalue weighted by Gasteiger charge is 2.30. The van der Waals surface area contributed by atoms with E-state index in [0.29, 0.717) is 17.8 Å². The Morgan fingerprint density at radius 1 is 1.25 bits per heavy atom. The second-order valence-corrected chi connectivity index (χ2v) is 6.55. The number of carbonyl (C=O) groups is 2. The van der Waals surface area contributed by atoms with E-state index in [1.54, 1.807) is 0 Å². The number of likely N-dealkylation sites (tertiary alicyclic amines) is 1. The number of nitrogens with zero attached hydrogens (tertiary/aromatic N) is 3. The van der Waals surface area contributed by atoms with E-state index in [-0.39, 0.29) is 17.6 Å². The molecule has 0 saturated carbocycles. The quantitative estimate of drug-likeness (QED) is 0.845. The van der Waals surface area contributed by atoms with Crippen molar-refractivity contribution in [3.63, 3.8) is 0 Å². The molecule has 128 valence electrons. The van der Waals surface area contributed by atoms with Gasteiger partial charge in [-0.3, -0.25) is 14.7 Å². The molecule has 0 spiro atoms. The van der Waals surface area contributed by atoms with E-state index in [2.05, 4.69) is 20.2 Å². The highest BCUT2D eigenvalue weighted by molar-refractivity contribution is 6.02. The summed E-state index contributed by atoms with van der Waals surface area (Å²) in [5.41, 5.74) is 2.63. The molecule has 0 radical (unpaired) electrons. The number of aryl methyl sites for hydroxylation is 2. The first-order valence-electron chi connectivity index (χ1n) is 8.26. The minimum absolute atomic E-state index is 0.0225. The summed E-state index contributed by atoms with van der Waals surface area (Å²) in [4.78, 5) is 34.0. The summed E-state index contributed by atoms with van der Waals surface area (Å²) in [5, 5.41) is 7.11. The van der Waals surface area contributed by atoms with Crippen LogP contribution in [-0.4, -0.2) is 49.8 Å². The number of piperidine rings is 1. The monoisotopic (exact) mass is 329 g/mol. The maximum absolute atomic E-state index is 13.0. The summed E-state index contributed by atoms with van der Waals surface area (Å²) < 4.78 is 0. The first-order valence-corrected chi connectivity index (χ1v) is 8.26. The molecule has 1 unspecified atom stereocenters. The number of amides is 1. The SMILES string of the molecule is CC(=O)c1[nH]c(C)c(C(=O)N2CCCC(c3n[nH]c(C)n3)C2)c1C. The molecule has 24 heavy (non-hydrogen) atoms. The number of rotatable bonds is 3. The number of H-pyrrole nitrogens is 2. The van der Waals surface area contributed by atoms with E-state index in [1.165, 1.54) is 6.92 Å². The topological polar surface area (TPSA) is 94.7 Å². The molecule has 2 N–H and O–H groups in total. The van der Waals surface area contributed by atoms with Crippen LogP contribution in [-0.2, 0) is 0 Å². The van der Waals surface area contributed by atoms with Gasteiger partial charge in [-0.25, -0.2) is 4.98 Å². The molecule has 1 amide bonds. The highest BCUT2D eigenvalue weighted by atomic mass is 16.2. The molecule has 1 aliphatic rings. The lowest BCUT2D eigenvalue weighted by Crippen LogP contribution is -2.39. The number of aromatic nitrogens is 4. The number of nitrogens with one attached hydrogen (secondary N) is 2. The van der Waals surface area contributed by atoms with Gasteiger partial charge in [0.2, 0.25) is 0 Å². The van der Waals surface area contributed by atoms with Crippen LogP contribution in [0.15, 0.2) is 0 Å². The number of carbonyl (C=O) groups excluding carboxylic acids is 2. The van der Waals surface area contributed by atoms with E-state index in [1.807, 2.05) is 25.7 Å². The Labute approximate surface area is 140 Å². The van der Waals surface area contributed by atoms with Gasteiger partial charge < -0.3 is 9.88 Å². The number of Topliss-reactive ketones (excluding diaryl/α,β-unsaturated/α-hetero) is 1. The molecule has 7 heteroatoms. The van der Waals surface area contributed by atoms with Crippen molar-refractivity contribution in [3.05, 3.63) is 34.2 Å². The van der Waals surface area contributed by atoms with Crippen molar-refractivity contribution < 1.29 is 9.59 Å². The van der Waals surface area contributed by atoms with Crippen LogP contribution < -0.4 is 0 Å². The summed E-state index contributed by atoms with van der Waals surface area (Å²) in [6.45, 7) is 8.38. The van der Waals surface area contributed by atoms with Gasteiger partial charge in [0.15, 0.2) is 11.6 Å². The van der Waals surface area contributed by atoms with Crippen LogP contribution >= 0.6 is 0 Å². The molecular weight excluding hydrogens is 306 g/mol. The molecule has 3 rings (SSSR count). The zero-order valence-electron chi connectivity index (χ0n) is 14.6. The minimum atomic E-state index is -0.0534. The average molecular weight is 329 g/mol. The Morgan fingerprint density at radius 3 is 2.58 bits per heavy atom. The smallest absolute Gasteiger partial charge is 0.255 e. The molecular formula is C17H23N5O2. The summed E-state index contributed by atoms with van der Waals surface area (Å²) in [7, 11) is 0. The van der Waals surface area contributed by atoms with Crippen molar-refractivity contribution in [2.45, 2.75) is 46.5 Å². The second kappa shape index (κ2) is 6.22. The van der Waals surface area contributed by atoms with Gasteiger partial charge in [-0.15, -0.1) is 0 Å². The molecule has 7 nitrogen and oxygen atoms in total. The van der Waals surface area contributed by atoms with Crippen LogP contribution in [0.3, 0.4) is 0 Å². The summed E-state index contributed by atoms with van der Waals surface area (Å²) in [6, 6.07) is 0. The highest BCUT2D eigenvalue weighted by Crippen LogP contribution is 2.27. The summed E-state index contributed by atoms with van der Waals surface area (Å²) in [6.07, 6.45) is 1.90. The molecule has 0 aromatic carbocycles. The number of hydrogen-bond acceptors (Lipinski definition) is 4. The van der Waals surface area contributed by atoms with E-state index < -0.39 is 0 Å². The van der Waals surface area contributed by atoms with Crippen LogP contribution in [0, 0.1) is 20.8 Å². The van der Waals surface area contributed by atoms with Gasteiger partial charge >= 0.3 is 0 Å². The van der Waals surface area contributed by atoms with Gasteiger partial charge in [0.1, 0.15) is 5.82 Å². The maximum atomic E-state index is 13.0. The predicted octanol–water partition coefficient (Wildman–Crippen LogP) is 2.28. The second-order valence-electron chi connectivity index (χ2n) is 6.55. The van der Waals surface area contributed by atoms with Crippen molar-refractivity contribution >= 4 is 11.7 Å². The molecule has 1 fully saturated rings. The fourth-order valence-electron chi connectivity index (χ4n) is 3.50. The third-order valence-corrected chi connectivity index (χ3v) is 4.69. The van der Waals surface area contributed by atoms with Crippen molar-refractivity contribution in [1.82, 2.24) is 25.1 Å². The van der Waals surface area contributed by atoms with Crippen LogP contribution in [0.25, 0.3) is 0 Å². The van der Waals surface area contributed by atoms with Gasteiger partial charge in [0.05, 0.1) is 11.3 Å². The molecule has 2 aromatic rings. The van der Waals surface area contributed by atoms with Gasteiger partial charge in [0.25, 0.3) is 5.91 Å². The van der Waals surface area contributed by atoms with Crippen LogP contribution in [0.4, 0.5) is 0 Å². The molecule has 2 aromatic heterocycles. The Morgan fingerprint density at radius 2 is 2.00 bits per heavy atom. The molecule has 0 aliphatic carbocycles. The van der Waals surface area contributed by atoms with Gasteiger partial charge in [-0.1, -0.05) is 0 Å². The molecule has 0 bridgehead atoms. The zero-order chi connectivity index (χ0) is 17.4. The van der Waals surface area contributed by atoms with E-state index >= 15 is 0 Å². The third-order valence-electron chi connectivity index (χ3n) is 4.69. The van der Waals surface area contributed by atoms with Crippen LogP contribution in [0.5, 0.6) is 0 Å². The van der Waals surface area contributed by atoms with Gasteiger partial charge in [-0.05, 0) is 39.2 Å². The normalized spacial score (nSPS) is 18.0. The van der Waals surface area contributed by atoms with Crippen LogP contribution in [0.1, 0.15) is 69.4 Å². The molecule has 1 atom stereocenters. The lowest BCUT2D eigenvalue weighted by molar-refractivity contribution is 0.0703. The minimum Gasteiger partial charge on any atom is -0.355 e. The lowest BCUT2D eigenvalue weighted by atomic mass is 9.96. The number of hydrogen-bond donors (Lipinski definition) is 2. The first kappa shape index (κ1) is 16.4. The largest absolute Gasteiger partial charge is 0.355 e. The predicted molar refractivity (Wildman–Crippen MR) is 89.3 cm³/mol. The molecule has 1 aliphatic heterocycles. The van der Waals surface area contributed by atoms with Crippen molar-refractivity contribution in [3.8, 4) is 0 Å². The first-order chi connectivity index (χ1) is 11.4. The molecule has 3 heterocycles.